The Kier molecular flexibility index (Phi) is 3.03. The normalized spacial score (nSPS) is 18.9. The van der Waals surface area contributed by atoms with Crippen LogP contribution in [0.25, 0.3) is 10.9 Å². The minimum Gasteiger partial charge on any atom is -0.350 e. The predicted molar refractivity (Wildman–Crippen MR) is 76.5 cm³/mol. The summed E-state index contributed by atoms with van der Waals surface area (Å²) in [6.45, 7) is 5.97. The number of benzene rings is 1. The number of aromatic nitrogens is 1. The first-order valence-corrected chi connectivity index (χ1v) is 6.75. The van der Waals surface area contributed by atoms with Crippen molar-refractivity contribution in [1.82, 2.24) is 15.6 Å². The van der Waals surface area contributed by atoms with Crippen molar-refractivity contribution in [3.8, 4) is 0 Å². The van der Waals surface area contributed by atoms with Crippen molar-refractivity contribution in [1.29, 1.82) is 0 Å². The third-order valence-corrected chi connectivity index (χ3v) is 3.86. The molecule has 2 heterocycles. The van der Waals surface area contributed by atoms with E-state index in [4.69, 9.17) is 0 Å². The van der Waals surface area contributed by atoms with Gasteiger partial charge in [0.15, 0.2) is 0 Å². The number of hydrogen-bond acceptors (Lipinski definition) is 2. The van der Waals surface area contributed by atoms with E-state index in [9.17, 15) is 4.79 Å². The van der Waals surface area contributed by atoms with Crippen molar-refractivity contribution in [3.05, 3.63) is 35.0 Å². The molecule has 1 aliphatic rings. The second-order valence-corrected chi connectivity index (χ2v) is 5.33. The summed E-state index contributed by atoms with van der Waals surface area (Å²) in [6, 6.07) is 6.38. The molecule has 4 nitrogen and oxygen atoms in total. The van der Waals surface area contributed by atoms with Crippen molar-refractivity contribution >= 4 is 16.8 Å². The smallest absolute Gasteiger partial charge is 0.267 e. The van der Waals surface area contributed by atoms with E-state index in [0.29, 0.717) is 5.69 Å². The molecule has 0 aliphatic carbocycles. The molecule has 0 spiro atoms. The maximum atomic E-state index is 12.2. The fourth-order valence-corrected chi connectivity index (χ4v) is 2.66. The monoisotopic (exact) mass is 257 g/mol. The average Bonchev–Trinajstić information content (AvgIpc) is 3.02. The second-order valence-electron chi connectivity index (χ2n) is 5.33. The van der Waals surface area contributed by atoms with Gasteiger partial charge in [0, 0.05) is 23.5 Å². The molecule has 1 saturated heterocycles. The van der Waals surface area contributed by atoms with Gasteiger partial charge in [-0.1, -0.05) is 12.1 Å². The third-order valence-electron chi connectivity index (χ3n) is 3.86. The molecule has 0 unspecified atom stereocenters. The molecule has 0 saturated carbocycles. The molecule has 1 aromatic carbocycles. The molecule has 1 fully saturated rings. The van der Waals surface area contributed by atoms with Crippen LogP contribution in [0, 0.1) is 13.8 Å². The lowest BCUT2D eigenvalue weighted by atomic mass is 10.1. The molecule has 1 aromatic heterocycles. The lowest BCUT2D eigenvalue weighted by molar-refractivity contribution is 0.0936. The summed E-state index contributed by atoms with van der Waals surface area (Å²) in [6.07, 6.45) is 1.00. The van der Waals surface area contributed by atoms with Crippen LogP contribution in [0.4, 0.5) is 0 Å². The Balaban J connectivity index is 1.90. The number of carbonyl (C=O) groups is 1. The number of amides is 1. The zero-order valence-electron chi connectivity index (χ0n) is 11.3. The number of H-pyrrole nitrogens is 1. The van der Waals surface area contributed by atoms with Crippen LogP contribution in [0.3, 0.4) is 0 Å². The van der Waals surface area contributed by atoms with Crippen LogP contribution in [0.15, 0.2) is 18.2 Å². The molecule has 1 aliphatic heterocycles. The van der Waals surface area contributed by atoms with Gasteiger partial charge in [-0.15, -0.1) is 0 Å². The maximum Gasteiger partial charge on any atom is 0.267 e. The number of nitrogens with one attached hydrogen (secondary N) is 3. The predicted octanol–water partition coefficient (Wildman–Crippen LogP) is 1.88. The van der Waals surface area contributed by atoms with E-state index >= 15 is 0 Å². The zero-order valence-corrected chi connectivity index (χ0v) is 11.3. The molecule has 4 heteroatoms. The summed E-state index contributed by atoms with van der Waals surface area (Å²) < 4.78 is 0. The summed E-state index contributed by atoms with van der Waals surface area (Å²) >= 11 is 0. The van der Waals surface area contributed by atoms with Crippen LogP contribution >= 0.6 is 0 Å². The van der Waals surface area contributed by atoms with Crippen molar-refractivity contribution in [3.63, 3.8) is 0 Å². The van der Waals surface area contributed by atoms with E-state index in [2.05, 4.69) is 41.6 Å². The molecule has 100 valence electrons. The Labute approximate surface area is 112 Å². The lowest BCUT2D eigenvalue weighted by Gasteiger charge is -2.09. The van der Waals surface area contributed by atoms with Gasteiger partial charge in [0.1, 0.15) is 5.69 Å². The highest BCUT2D eigenvalue weighted by molar-refractivity contribution is 5.99. The fraction of sp³-hybridized carbons (Fsp3) is 0.400. The van der Waals surface area contributed by atoms with Crippen LogP contribution in [-0.4, -0.2) is 30.0 Å². The van der Waals surface area contributed by atoms with Crippen LogP contribution in [-0.2, 0) is 0 Å². The quantitative estimate of drug-likeness (QED) is 0.769. The second kappa shape index (κ2) is 4.70. The first-order valence-electron chi connectivity index (χ1n) is 6.75. The summed E-state index contributed by atoms with van der Waals surface area (Å²) in [5.74, 6) is -0.0105. The minimum atomic E-state index is -0.0105. The first kappa shape index (κ1) is 12.2. The molecule has 0 radical (unpaired) electrons. The first-order chi connectivity index (χ1) is 9.15. The van der Waals surface area contributed by atoms with Crippen LogP contribution in [0.1, 0.15) is 28.0 Å². The van der Waals surface area contributed by atoms with Crippen molar-refractivity contribution in [2.75, 3.05) is 13.1 Å². The van der Waals surface area contributed by atoms with Crippen molar-refractivity contribution < 1.29 is 4.79 Å². The van der Waals surface area contributed by atoms with Gasteiger partial charge in [-0.2, -0.15) is 0 Å². The molecule has 1 amide bonds. The highest BCUT2D eigenvalue weighted by Crippen LogP contribution is 2.22. The zero-order chi connectivity index (χ0) is 13.4. The van der Waals surface area contributed by atoms with E-state index < -0.39 is 0 Å². The van der Waals surface area contributed by atoms with Gasteiger partial charge in [0.25, 0.3) is 5.91 Å². The topological polar surface area (TPSA) is 56.9 Å². The summed E-state index contributed by atoms with van der Waals surface area (Å²) in [5, 5.41) is 7.45. The van der Waals surface area contributed by atoms with Gasteiger partial charge < -0.3 is 15.6 Å². The van der Waals surface area contributed by atoms with E-state index in [1.54, 1.807) is 0 Å². The highest BCUT2D eigenvalue weighted by Gasteiger charge is 2.19. The van der Waals surface area contributed by atoms with Gasteiger partial charge >= 0.3 is 0 Å². The third kappa shape index (κ3) is 2.24. The number of rotatable bonds is 2. The fourth-order valence-electron chi connectivity index (χ4n) is 2.66. The molecule has 0 bridgehead atoms. The Bertz CT molecular complexity index is 585. The highest BCUT2D eigenvalue weighted by atomic mass is 16.1. The molecule has 1 atom stereocenters. The standard InChI is InChI=1S/C15H19N3O/c1-9-3-4-10(2)14-12(9)7-13(18-14)15(19)17-11-5-6-16-8-11/h3-4,7,11,16,18H,5-6,8H2,1-2H3,(H,17,19)/t11-/m1/s1. The van der Waals surface area contributed by atoms with Crippen molar-refractivity contribution in [2.45, 2.75) is 26.3 Å². The lowest BCUT2D eigenvalue weighted by Crippen LogP contribution is -2.36. The number of aromatic amines is 1. The van der Waals surface area contributed by atoms with E-state index in [-0.39, 0.29) is 11.9 Å². The van der Waals surface area contributed by atoms with E-state index in [1.165, 1.54) is 11.1 Å². The number of carbonyl (C=O) groups excluding carboxylic acids is 1. The van der Waals surface area contributed by atoms with Crippen LogP contribution < -0.4 is 10.6 Å². The Morgan fingerprint density at radius 3 is 2.79 bits per heavy atom. The number of hydrogen-bond donors (Lipinski definition) is 3. The Morgan fingerprint density at radius 1 is 1.32 bits per heavy atom. The largest absolute Gasteiger partial charge is 0.350 e. The average molecular weight is 257 g/mol. The maximum absolute atomic E-state index is 12.2. The molecule has 3 rings (SSSR count). The Morgan fingerprint density at radius 2 is 2.11 bits per heavy atom. The molecular weight excluding hydrogens is 238 g/mol. The van der Waals surface area contributed by atoms with Crippen LogP contribution in [0.5, 0.6) is 0 Å². The summed E-state index contributed by atoms with van der Waals surface area (Å²) in [7, 11) is 0. The summed E-state index contributed by atoms with van der Waals surface area (Å²) in [5.41, 5.74) is 4.08. The minimum absolute atomic E-state index is 0.0105. The molecule has 2 aromatic rings. The van der Waals surface area contributed by atoms with Gasteiger partial charge in [-0.25, -0.2) is 0 Å². The molecular formula is C15H19N3O. The van der Waals surface area contributed by atoms with E-state index in [0.717, 1.165) is 30.4 Å². The SMILES string of the molecule is Cc1ccc(C)c2[nH]c(C(=O)N[C@@H]3CCNC3)cc12. The molecule has 19 heavy (non-hydrogen) atoms. The van der Waals surface area contributed by atoms with Gasteiger partial charge in [-0.3, -0.25) is 4.79 Å². The van der Waals surface area contributed by atoms with Gasteiger partial charge in [-0.05, 0) is 44.0 Å². The number of aryl methyl sites for hydroxylation is 2. The van der Waals surface area contributed by atoms with E-state index in [1.807, 2.05) is 6.07 Å². The number of fused-ring (bicyclic) bond motifs is 1. The van der Waals surface area contributed by atoms with Gasteiger partial charge in [0.05, 0.1) is 0 Å². The van der Waals surface area contributed by atoms with Gasteiger partial charge in [0.2, 0.25) is 0 Å². The Hall–Kier alpha value is -1.81. The van der Waals surface area contributed by atoms with Crippen molar-refractivity contribution in [2.24, 2.45) is 0 Å². The summed E-state index contributed by atoms with van der Waals surface area (Å²) in [4.78, 5) is 15.5. The molecule has 3 N–H and O–H groups in total. The van der Waals surface area contributed by atoms with Crippen LogP contribution in [0.2, 0.25) is 0 Å².